The number of hydrogen-bond donors (Lipinski definition) is 1. The molecule has 1 aliphatic rings. The smallest absolute Gasteiger partial charge is 0.328 e. The van der Waals surface area contributed by atoms with Gasteiger partial charge in [-0.15, -0.1) is 0 Å². The molecular weight excluding hydrogens is 280 g/mol. The Balaban J connectivity index is 2.12. The Morgan fingerprint density at radius 1 is 1.27 bits per heavy atom. The van der Waals surface area contributed by atoms with Gasteiger partial charge in [0.05, 0.1) is 13.0 Å². The summed E-state index contributed by atoms with van der Waals surface area (Å²) in [6.45, 7) is 2.41. The lowest BCUT2D eigenvalue weighted by molar-refractivity contribution is -0.156. The summed E-state index contributed by atoms with van der Waals surface area (Å²) in [6, 6.07) is 8.71. The van der Waals surface area contributed by atoms with Gasteiger partial charge in [-0.25, -0.2) is 4.79 Å². The summed E-state index contributed by atoms with van der Waals surface area (Å²) in [5.41, 5.74) is 7.16. The zero-order chi connectivity index (χ0) is 16.1. The summed E-state index contributed by atoms with van der Waals surface area (Å²) >= 11 is 0. The Morgan fingerprint density at radius 2 is 1.95 bits per heavy atom. The van der Waals surface area contributed by atoms with E-state index in [0.29, 0.717) is 13.0 Å². The average molecular weight is 304 g/mol. The topological polar surface area (TPSA) is 72.6 Å². The van der Waals surface area contributed by atoms with Crippen LogP contribution in [0.1, 0.15) is 37.8 Å². The first kappa shape index (κ1) is 16.5. The monoisotopic (exact) mass is 304 g/mol. The van der Waals surface area contributed by atoms with E-state index >= 15 is 0 Å². The van der Waals surface area contributed by atoms with Crippen LogP contribution in [-0.4, -0.2) is 36.5 Å². The van der Waals surface area contributed by atoms with Gasteiger partial charge in [0.1, 0.15) is 6.04 Å². The van der Waals surface area contributed by atoms with Crippen molar-refractivity contribution in [3.63, 3.8) is 0 Å². The van der Waals surface area contributed by atoms with Gasteiger partial charge < -0.3 is 15.4 Å². The molecule has 0 bridgehead atoms. The van der Waals surface area contributed by atoms with Crippen molar-refractivity contribution in [2.75, 3.05) is 13.7 Å². The first-order valence-electron chi connectivity index (χ1n) is 7.75. The maximum atomic E-state index is 12.8. The number of ether oxygens (including phenoxy) is 1. The minimum atomic E-state index is -0.475. The van der Waals surface area contributed by atoms with Gasteiger partial charge in [0.25, 0.3) is 0 Å². The van der Waals surface area contributed by atoms with E-state index in [0.717, 1.165) is 18.4 Å². The number of methoxy groups -OCH3 is 1. The van der Waals surface area contributed by atoms with Crippen molar-refractivity contribution in [3.05, 3.63) is 35.9 Å². The van der Waals surface area contributed by atoms with Gasteiger partial charge in [-0.1, -0.05) is 37.3 Å². The fourth-order valence-corrected chi connectivity index (χ4v) is 2.96. The number of carbonyl (C=O) groups is 2. The molecule has 1 amide bonds. The molecule has 2 N–H and O–H groups in total. The highest BCUT2D eigenvalue weighted by atomic mass is 16.5. The summed E-state index contributed by atoms with van der Waals surface area (Å²) in [5, 5.41) is 0. The first-order chi connectivity index (χ1) is 10.6. The number of nitrogens with two attached hydrogens (primary N) is 1. The molecule has 1 fully saturated rings. The number of rotatable bonds is 4. The summed E-state index contributed by atoms with van der Waals surface area (Å²) < 4.78 is 4.83. The van der Waals surface area contributed by atoms with Crippen LogP contribution in [0.5, 0.6) is 0 Å². The molecule has 0 aromatic heterocycles. The average Bonchev–Trinajstić information content (AvgIpc) is 2.59. The second-order valence-electron chi connectivity index (χ2n) is 5.79. The molecule has 120 valence electrons. The number of esters is 1. The van der Waals surface area contributed by atoms with Crippen molar-refractivity contribution in [3.8, 4) is 0 Å². The predicted octanol–water partition coefficient (Wildman–Crippen LogP) is 1.88. The maximum Gasteiger partial charge on any atom is 0.328 e. The zero-order valence-corrected chi connectivity index (χ0v) is 13.2. The molecule has 3 atom stereocenters. The molecule has 1 aliphatic heterocycles. The quantitative estimate of drug-likeness (QED) is 0.862. The van der Waals surface area contributed by atoms with E-state index in [1.807, 2.05) is 37.3 Å². The van der Waals surface area contributed by atoms with Crippen LogP contribution >= 0.6 is 0 Å². The molecule has 0 saturated carbocycles. The van der Waals surface area contributed by atoms with Gasteiger partial charge in [0, 0.05) is 12.6 Å². The van der Waals surface area contributed by atoms with E-state index in [4.69, 9.17) is 10.5 Å². The summed E-state index contributed by atoms with van der Waals surface area (Å²) in [6.07, 6.45) is 2.50. The maximum absolute atomic E-state index is 12.8. The minimum absolute atomic E-state index is 0.0774. The third-order valence-electron chi connectivity index (χ3n) is 4.37. The molecule has 22 heavy (non-hydrogen) atoms. The van der Waals surface area contributed by atoms with Crippen molar-refractivity contribution in [1.82, 2.24) is 4.90 Å². The van der Waals surface area contributed by atoms with Crippen molar-refractivity contribution in [2.45, 2.75) is 38.3 Å². The highest BCUT2D eigenvalue weighted by molar-refractivity contribution is 5.86. The normalized spacial score (nSPS) is 21.0. The first-order valence-corrected chi connectivity index (χ1v) is 7.75. The number of hydrogen-bond acceptors (Lipinski definition) is 4. The molecule has 1 heterocycles. The lowest BCUT2D eigenvalue weighted by Crippen LogP contribution is -2.51. The Kier molecular flexibility index (Phi) is 5.55. The summed E-state index contributed by atoms with van der Waals surface area (Å²) in [4.78, 5) is 26.3. The highest BCUT2D eigenvalue weighted by Crippen LogP contribution is 2.25. The van der Waals surface area contributed by atoms with E-state index < -0.39 is 6.04 Å². The van der Waals surface area contributed by atoms with Gasteiger partial charge in [-0.05, 0) is 24.8 Å². The molecule has 1 saturated heterocycles. The number of piperidine rings is 1. The lowest BCUT2D eigenvalue weighted by atomic mass is 9.92. The molecule has 1 aromatic rings. The molecule has 5 heteroatoms. The van der Waals surface area contributed by atoms with E-state index in [-0.39, 0.29) is 23.8 Å². The van der Waals surface area contributed by atoms with Crippen LogP contribution in [0, 0.1) is 5.92 Å². The van der Waals surface area contributed by atoms with Crippen molar-refractivity contribution < 1.29 is 14.3 Å². The van der Waals surface area contributed by atoms with Gasteiger partial charge in [-0.3, -0.25) is 4.79 Å². The van der Waals surface area contributed by atoms with Gasteiger partial charge >= 0.3 is 5.97 Å². The summed E-state index contributed by atoms with van der Waals surface area (Å²) in [5.74, 6) is -0.798. The molecular formula is C17H24N2O3. The Morgan fingerprint density at radius 3 is 2.59 bits per heavy atom. The lowest BCUT2D eigenvalue weighted by Gasteiger charge is -2.36. The van der Waals surface area contributed by atoms with Crippen LogP contribution in [0.15, 0.2) is 30.3 Å². The standard InChI is InChI=1S/C17H24N2O3/c1-12(15(18)13-8-4-3-5-9-13)16(20)19-11-7-6-10-14(19)17(21)22-2/h3-5,8-9,12,14-15H,6-7,10-11,18H2,1-2H3. The van der Waals surface area contributed by atoms with E-state index in [1.165, 1.54) is 7.11 Å². The number of benzene rings is 1. The molecule has 2 rings (SSSR count). The van der Waals surface area contributed by atoms with Crippen LogP contribution in [-0.2, 0) is 14.3 Å². The largest absolute Gasteiger partial charge is 0.467 e. The molecule has 3 unspecified atom stereocenters. The van der Waals surface area contributed by atoms with Gasteiger partial charge in [-0.2, -0.15) is 0 Å². The van der Waals surface area contributed by atoms with Crippen molar-refractivity contribution in [2.24, 2.45) is 11.7 Å². The fourth-order valence-electron chi connectivity index (χ4n) is 2.96. The number of carbonyl (C=O) groups excluding carboxylic acids is 2. The SMILES string of the molecule is COC(=O)C1CCCCN1C(=O)C(C)C(N)c1ccccc1. The van der Waals surface area contributed by atoms with Crippen LogP contribution in [0.3, 0.4) is 0 Å². The molecule has 1 aromatic carbocycles. The van der Waals surface area contributed by atoms with Crippen LogP contribution < -0.4 is 5.73 Å². The van der Waals surface area contributed by atoms with Crippen LogP contribution in [0.4, 0.5) is 0 Å². The third-order valence-corrected chi connectivity index (χ3v) is 4.37. The van der Waals surface area contributed by atoms with Crippen LogP contribution in [0.25, 0.3) is 0 Å². The fraction of sp³-hybridized carbons (Fsp3) is 0.529. The van der Waals surface area contributed by atoms with E-state index in [1.54, 1.807) is 4.90 Å². The Hall–Kier alpha value is -1.88. The summed E-state index contributed by atoms with van der Waals surface area (Å²) in [7, 11) is 1.36. The minimum Gasteiger partial charge on any atom is -0.467 e. The second kappa shape index (κ2) is 7.40. The molecule has 0 aliphatic carbocycles. The van der Waals surface area contributed by atoms with Crippen LogP contribution in [0.2, 0.25) is 0 Å². The molecule has 0 radical (unpaired) electrons. The third kappa shape index (κ3) is 3.47. The Labute approximate surface area is 131 Å². The second-order valence-corrected chi connectivity index (χ2v) is 5.79. The van der Waals surface area contributed by atoms with E-state index in [9.17, 15) is 9.59 Å². The number of nitrogens with zero attached hydrogens (tertiary/aromatic N) is 1. The van der Waals surface area contributed by atoms with Crippen molar-refractivity contribution >= 4 is 11.9 Å². The predicted molar refractivity (Wildman–Crippen MR) is 83.9 cm³/mol. The van der Waals surface area contributed by atoms with Gasteiger partial charge in [0.2, 0.25) is 5.91 Å². The van der Waals surface area contributed by atoms with Gasteiger partial charge in [0.15, 0.2) is 0 Å². The number of likely N-dealkylation sites (tertiary alicyclic amines) is 1. The Bertz CT molecular complexity index is 518. The highest BCUT2D eigenvalue weighted by Gasteiger charge is 2.36. The molecule has 0 spiro atoms. The zero-order valence-electron chi connectivity index (χ0n) is 13.2. The van der Waals surface area contributed by atoms with Crippen molar-refractivity contribution in [1.29, 1.82) is 0 Å². The number of amides is 1. The van der Waals surface area contributed by atoms with E-state index in [2.05, 4.69) is 0 Å². The molecule has 5 nitrogen and oxygen atoms in total.